The van der Waals surface area contributed by atoms with Gasteiger partial charge in [0, 0.05) is 9.37 Å². The number of carbonyl (C=O) groups excluding carboxylic acids is 1. The van der Waals surface area contributed by atoms with Gasteiger partial charge < -0.3 is 4.74 Å². The molecule has 0 amide bonds. The third-order valence-electron chi connectivity index (χ3n) is 1.55. The molecule has 0 radical (unpaired) electrons. The van der Waals surface area contributed by atoms with Gasteiger partial charge in [0.05, 0.1) is 17.4 Å². The number of benzene rings is 1. The van der Waals surface area contributed by atoms with Gasteiger partial charge >= 0.3 is 5.97 Å². The van der Waals surface area contributed by atoms with Gasteiger partial charge in [-0.05, 0) is 41.1 Å². The summed E-state index contributed by atoms with van der Waals surface area (Å²) in [5, 5.41) is 0.642. The number of carbonyl (C=O) groups is 1. The van der Waals surface area contributed by atoms with Gasteiger partial charge in [-0.3, -0.25) is 4.79 Å². The van der Waals surface area contributed by atoms with E-state index in [1.807, 2.05) is 18.2 Å². The summed E-state index contributed by atoms with van der Waals surface area (Å²) in [5.41, 5.74) is 0. The van der Waals surface area contributed by atoms with Gasteiger partial charge in [0.1, 0.15) is 0 Å². The van der Waals surface area contributed by atoms with E-state index in [4.69, 9.17) is 16.3 Å². The molecule has 1 rings (SSSR count). The van der Waals surface area contributed by atoms with Crippen LogP contribution in [0.2, 0.25) is 5.02 Å². The highest BCUT2D eigenvalue weighted by atomic mass is 79.9. The Morgan fingerprint density at radius 2 is 2.33 bits per heavy atom. The Morgan fingerprint density at radius 3 is 2.93 bits per heavy atom. The van der Waals surface area contributed by atoms with Crippen LogP contribution < -0.4 is 0 Å². The predicted molar refractivity (Wildman–Crippen MR) is 66.5 cm³/mol. The van der Waals surface area contributed by atoms with Gasteiger partial charge in [-0.15, -0.1) is 11.8 Å². The standard InChI is InChI=1S/C10H10BrClO2S/c1-2-14-10(13)6-15-7-3-4-8(11)9(12)5-7/h3-5H,2,6H2,1H3. The topological polar surface area (TPSA) is 26.3 Å². The van der Waals surface area contributed by atoms with Crippen LogP contribution in [-0.4, -0.2) is 18.3 Å². The van der Waals surface area contributed by atoms with Crippen molar-refractivity contribution in [1.82, 2.24) is 0 Å². The zero-order valence-electron chi connectivity index (χ0n) is 8.13. The zero-order valence-corrected chi connectivity index (χ0v) is 11.3. The lowest BCUT2D eigenvalue weighted by Gasteiger charge is -2.03. The first-order valence-electron chi connectivity index (χ1n) is 4.37. The highest BCUT2D eigenvalue weighted by molar-refractivity contribution is 9.10. The summed E-state index contributed by atoms with van der Waals surface area (Å²) in [6.45, 7) is 2.21. The smallest absolute Gasteiger partial charge is 0.316 e. The van der Waals surface area contributed by atoms with Gasteiger partial charge in [-0.25, -0.2) is 0 Å². The minimum absolute atomic E-state index is 0.207. The lowest BCUT2D eigenvalue weighted by Crippen LogP contribution is -2.06. The summed E-state index contributed by atoms with van der Waals surface area (Å²) < 4.78 is 5.67. The van der Waals surface area contributed by atoms with Crippen molar-refractivity contribution in [2.45, 2.75) is 11.8 Å². The van der Waals surface area contributed by atoms with Crippen LogP contribution in [0.5, 0.6) is 0 Å². The molecule has 82 valence electrons. The average Bonchev–Trinajstić information content (AvgIpc) is 2.20. The molecule has 0 aliphatic rings. The van der Waals surface area contributed by atoms with Crippen LogP contribution in [0, 0.1) is 0 Å². The van der Waals surface area contributed by atoms with E-state index in [9.17, 15) is 4.79 Å². The van der Waals surface area contributed by atoms with E-state index in [-0.39, 0.29) is 5.97 Å². The molecular formula is C10H10BrClO2S. The first-order chi connectivity index (χ1) is 7.13. The first kappa shape index (κ1) is 12.9. The van der Waals surface area contributed by atoms with Gasteiger partial charge in [0.2, 0.25) is 0 Å². The van der Waals surface area contributed by atoms with Crippen molar-refractivity contribution in [3.8, 4) is 0 Å². The molecule has 0 spiro atoms. The molecule has 1 aromatic rings. The predicted octanol–water partition coefficient (Wildman–Crippen LogP) is 3.76. The molecule has 0 atom stereocenters. The molecule has 5 heteroatoms. The second kappa shape index (κ2) is 6.40. The second-order valence-electron chi connectivity index (χ2n) is 2.67. The lowest BCUT2D eigenvalue weighted by molar-refractivity contribution is -0.139. The van der Waals surface area contributed by atoms with E-state index in [2.05, 4.69) is 15.9 Å². The number of hydrogen-bond donors (Lipinski definition) is 0. The van der Waals surface area contributed by atoms with E-state index in [0.29, 0.717) is 17.4 Å². The molecule has 0 fully saturated rings. The molecular weight excluding hydrogens is 300 g/mol. The molecule has 0 aliphatic heterocycles. The minimum Gasteiger partial charge on any atom is -0.465 e. The molecule has 0 aromatic heterocycles. The Hall–Kier alpha value is -0.190. The van der Waals surface area contributed by atoms with Gasteiger partial charge in [-0.2, -0.15) is 0 Å². The van der Waals surface area contributed by atoms with Crippen LogP contribution >= 0.6 is 39.3 Å². The average molecular weight is 310 g/mol. The normalized spacial score (nSPS) is 10.1. The maximum absolute atomic E-state index is 11.1. The maximum Gasteiger partial charge on any atom is 0.316 e. The fraction of sp³-hybridized carbons (Fsp3) is 0.300. The fourth-order valence-corrected chi connectivity index (χ4v) is 2.14. The molecule has 0 aliphatic carbocycles. The monoisotopic (exact) mass is 308 g/mol. The van der Waals surface area contributed by atoms with Gasteiger partial charge in [0.25, 0.3) is 0 Å². The highest BCUT2D eigenvalue weighted by Crippen LogP contribution is 2.28. The molecule has 0 heterocycles. The van der Waals surface area contributed by atoms with Crippen LogP contribution in [0.1, 0.15) is 6.92 Å². The number of ether oxygens (including phenoxy) is 1. The highest BCUT2D eigenvalue weighted by Gasteiger charge is 2.04. The Morgan fingerprint density at radius 1 is 1.60 bits per heavy atom. The lowest BCUT2D eigenvalue weighted by atomic mass is 10.4. The van der Waals surface area contributed by atoms with Crippen molar-refractivity contribution in [2.24, 2.45) is 0 Å². The molecule has 2 nitrogen and oxygen atoms in total. The maximum atomic E-state index is 11.1. The van der Waals surface area contributed by atoms with E-state index in [1.165, 1.54) is 11.8 Å². The van der Waals surface area contributed by atoms with Crippen LogP contribution in [0.3, 0.4) is 0 Å². The number of hydrogen-bond acceptors (Lipinski definition) is 3. The molecule has 1 aromatic carbocycles. The summed E-state index contributed by atoms with van der Waals surface area (Å²) in [7, 11) is 0. The zero-order chi connectivity index (χ0) is 11.3. The van der Waals surface area contributed by atoms with Crippen molar-refractivity contribution in [3.63, 3.8) is 0 Å². The Balaban J connectivity index is 2.51. The summed E-state index contributed by atoms with van der Waals surface area (Å²) in [5.74, 6) is 0.104. The summed E-state index contributed by atoms with van der Waals surface area (Å²) >= 11 is 10.6. The van der Waals surface area contributed by atoms with Gasteiger partial charge in [0.15, 0.2) is 0 Å². The van der Waals surface area contributed by atoms with Crippen molar-refractivity contribution in [2.75, 3.05) is 12.4 Å². The molecule has 15 heavy (non-hydrogen) atoms. The third-order valence-corrected chi connectivity index (χ3v) is 3.75. The van der Waals surface area contributed by atoms with Crippen LogP contribution in [-0.2, 0) is 9.53 Å². The number of rotatable bonds is 4. The Kier molecular flexibility index (Phi) is 5.50. The minimum atomic E-state index is -0.207. The van der Waals surface area contributed by atoms with E-state index in [0.717, 1.165) is 9.37 Å². The van der Waals surface area contributed by atoms with E-state index >= 15 is 0 Å². The number of halogens is 2. The van der Waals surface area contributed by atoms with Crippen molar-refractivity contribution in [1.29, 1.82) is 0 Å². The fourth-order valence-electron chi connectivity index (χ4n) is 0.912. The Labute approximate surface area is 106 Å². The molecule has 0 saturated carbocycles. The largest absolute Gasteiger partial charge is 0.465 e. The van der Waals surface area contributed by atoms with Crippen LogP contribution in [0.15, 0.2) is 27.6 Å². The van der Waals surface area contributed by atoms with E-state index in [1.54, 1.807) is 6.92 Å². The summed E-state index contributed by atoms with van der Waals surface area (Å²) in [6, 6.07) is 5.57. The van der Waals surface area contributed by atoms with Crippen LogP contribution in [0.25, 0.3) is 0 Å². The number of thioether (sulfide) groups is 1. The van der Waals surface area contributed by atoms with Gasteiger partial charge in [-0.1, -0.05) is 11.6 Å². The molecule has 0 saturated heterocycles. The molecule has 0 bridgehead atoms. The van der Waals surface area contributed by atoms with E-state index < -0.39 is 0 Å². The Bertz CT molecular complexity index is 357. The van der Waals surface area contributed by atoms with Crippen molar-refractivity contribution < 1.29 is 9.53 Å². The summed E-state index contributed by atoms with van der Waals surface area (Å²) in [4.78, 5) is 12.0. The molecule has 0 unspecified atom stereocenters. The number of esters is 1. The third kappa shape index (κ3) is 4.45. The quantitative estimate of drug-likeness (QED) is 0.626. The van der Waals surface area contributed by atoms with Crippen molar-refractivity contribution in [3.05, 3.63) is 27.7 Å². The summed E-state index contributed by atoms with van der Waals surface area (Å²) in [6.07, 6.45) is 0. The molecule has 0 N–H and O–H groups in total. The SMILES string of the molecule is CCOC(=O)CSc1ccc(Br)c(Cl)c1. The second-order valence-corrected chi connectivity index (χ2v) is 4.98. The van der Waals surface area contributed by atoms with Crippen molar-refractivity contribution >= 4 is 45.3 Å². The van der Waals surface area contributed by atoms with Crippen LogP contribution in [0.4, 0.5) is 0 Å². The first-order valence-corrected chi connectivity index (χ1v) is 6.52.